The molecule has 25 heavy (non-hydrogen) atoms. The first kappa shape index (κ1) is 16.0. The Bertz CT molecular complexity index is 928. The molecular weight excluding hydrogens is 332 g/mol. The van der Waals surface area contributed by atoms with E-state index < -0.39 is 0 Å². The zero-order chi connectivity index (χ0) is 17.2. The maximum atomic E-state index is 12.4. The monoisotopic (exact) mass is 350 g/mol. The van der Waals surface area contributed by atoms with Crippen LogP contribution in [0.2, 0.25) is 0 Å². The maximum Gasteiger partial charge on any atom is 0.234 e. The molecule has 0 radical (unpaired) electrons. The fraction of sp³-hybridized carbons (Fsp3) is 0.200. The van der Waals surface area contributed by atoms with E-state index in [9.17, 15) is 4.79 Å². The number of fused-ring (bicyclic) bond motifs is 1. The Morgan fingerprint density at radius 2 is 2.04 bits per heavy atom. The van der Waals surface area contributed by atoms with Crippen molar-refractivity contribution in [3.05, 3.63) is 71.9 Å². The van der Waals surface area contributed by atoms with Crippen LogP contribution in [0.1, 0.15) is 16.6 Å². The molecule has 1 unspecified atom stereocenters. The minimum absolute atomic E-state index is 0.0525. The Kier molecular flexibility index (Phi) is 4.32. The van der Waals surface area contributed by atoms with Gasteiger partial charge in [-0.05, 0) is 29.8 Å². The van der Waals surface area contributed by atoms with Crippen molar-refractivity contribution in [3.8, 4) is 5.75 Å². The number of para-hydroxylation sites is 1. The summed E-state index contributed by atoms with van der Waals surface area (Å²) in [4.78, 5) is 19.1. The molecule has 4 rings (SSSR count). The van der Waals surface area contributed by atoms with Gasteiger partial charge in [-0.3, -0.25) is 4.79 Å². The number of nitrogens with zero attached hydrogens (tertiary/aromatic N) is 2. The summed E-state index contributed by atoms with van der Waals surface area (Å²) >= 11 is 1.63. The van der Waals surface area contributed by atoms with Gasteiger partial charge in [0, 0.05) is 11.9 Å². The largest absolute Gasteiger partial charge is 0.497 e. The SMILES string of the molecule is COc1cccc(CN2C(=O)CSC2c2ccc3ccccc3n2)c1. The summed E-state index contributed by atoms with van der Waals surface area (Å²) in [5, 5.41) is 1.06. The van der Waals surface area contributed by atoms with Crippen LogP contribution >= 0.6 is 11.8 Å². The molecule has 0 spiro atoms. The van der Waals surface area contributed by atoms with Gasteiger partial charge in [0.15, 0.2) is 0 Å². The van der Waals surface area contributed by atoms with E-state index in [0.717, 1.165) is 27.9 Å². The van der Waals surface area contributed by atoms with Gasteiger partial charge < -0.3 is 9.64 Å². The average Bonchev–Trinajstić information content (AvgIpc) is 3.02. The molecule has 1 fully saturated rings. The molecule has 1 aromatic heterocycles. The van der Waals surface area contributed by atoms with Gasteiger partial charge >= 0.3 is 0 Å². The lowest BCUT2D eigenvalue weighted by molar-refractivity contribution is -0.128. The second kappa shape index (κ2) is 6.76. The topological polar surface area (TPSA) is 42.4 Å². The van der Waals surface area contributed by atoms with Crippen molar-refractivity contribution in [1.29, 1.82) is 0 Å². The molecule has 126 valence electrons. The van der Waals surface area contributed by atoms with E-state index in [-0.39, 0.29) is 11.3 Å². The van der Waals surface area contributed by atoms with Crippen LogP contribution in [0, 0.1) is 0 Å². The molecule has 5 heteroatoms. The number of carbonyl (C=O) groups excluding carboxylic acids is 1. The second-order valence-electron chi connectivity index (χ2n) is 5.97. The first-order valence-electron chi connectivity index (χ1n) is 8.14. The standard InChI is InChI=1S/C20H18N2O2S/c1-24-16-7-4-5-14(11-16)12-22-19(23)13-25-20(22)18-10-9-15-6-2-3-8-17(15)21-18/h2-11,20H,12-13H2,1H3. The van der Waals surface area contributed by atoms with E-state index in [4.69, 9.17) is 9.72 Å². The van der Waals surface area contributed by atoms with Gasteiger partial charge in [-0.25, -0.2) is 4.98 Å². The molecule has 2 aromatic carbocycles. The molecular formula is C20H18N2O2S. The van der Waals surface area contributed by atoms with Crippen molar-refractivity contribution >= 4 is 28.6 Å². The molecule has 2 heterocycles. The Labute approximate surface area is 150 Å². The van der Waals surface area contributed by atoms with Crippen molar-refractivity contribution in [2.24, 2.45) is 0 Å². The maximum absolute atomic E-state index is 12.4. The van der Waals surface area contributed by atoms with Crippen LogP contribution in [0.5, 0.6) is 5.75 Å². The van der Waals surface area contributed by atoms with Crippen LogP contribution in [-0.4, -0.2) is 28.7 Å². The number of amides is 1. The first-order chi connectivity index (χ1) is 12.2. The lowest BCUT2D eigenvalue weighted by atomic mass is 10.1. The number of rotatable bonds is 4. The van der Waals surface area contributed by atoms with Crippen molar-refractivity contribution < 1.29 is 9.53 Å². The molecule has 1 aliphatic heterocycles. The van der Waals surface area contributed by atoms with E-state index in [1.807, 2.05) is 59.5 Å². The summed E-state index contributed by atoms with van der Waals surface area (Å²) < 4.78 is 5.28. The summed E-state index contributed by atoms with van der Waals surface area (Å²) in [5.41, 5.74) is 2.94. The fourth-order valence-corrected chi connectivity index (χ4v) is 4.20. The van der Waals surface area contributed by atoms with Gasteiger partial charge in [0.1, 0.15) is 11.1 Å². The highest BCUT2D eigenvalue weighted by Gasteiger charge is 2.33. The highest BCUT2D eigenvalue weighted by atomic mass is 32.2. The zero-order valence-corrected chi connectivity index (χ0v) is 14.7. The van der Waals surface area contributed by atoms with Crippen LogP contribution in [-0.2, 0) is 11.3 Å². The molecule has 1 amide bonds. The molecule has 0 bridgehead atoms. The Hall–Kier alpha value is -2.53. The number of pyridine rings is 1. The molecule has 0 saturated carbocycles. The third-order valence-electron chi connectivity index (χ3n) is 4.33. The van der Waals surface area contributed by atoms with E-state index in [1.54, 1.807) is 18.9 Å². The quantitative estimate of drug-likeness (QED) is 0.713. The van der Waals surface area contributed by atoms with Crippen LogP contribution in [0.15, 0.2) is 60.7 Å². The van der Waals surface area contributed by atoms with Crippen LogP contribution < -0.4 is 4.74 Å². The molecule has 0 N–H and O–H groups in total. The third-order valence-corrected chi connectivity index (χ3v) is 5.55. The number of hydrogen-bond acceptors (Lipinski definition) is 4. The average molecular weight is 350 g/mol. The Balaban J connectivity index is 1.64. The smallest absolute Gasteiger partial charge is 0.234 e. The zero-order valence-electron chi connectivity index (χ0n) is 13.9. The Morgan fingerprint density at radius 3 is 2.92 bits per heavy atom. The van der Waals surface area contributed by atoms with E-state index in [2.05, 4.69) is 6.07 Å². The van der Waals surface area contributed by atoms with Crippen molar-refractivity contribution in [2.75, 3.05) is 12.9 Å². The van der Waals surface area contributed by atoms with E-state index in [1.165, 1.54) is 0 Å². The summed E-state index contributed by atoms with van der Waals surface area (Å²) in [6, 6.07) is 20.0. The van der Waals surface area contributed by atoms with Crippen LogP contribution in [0.25, 0.3) is 10.9 Å². The number of methoxy groups -OCH3 is 1. The first-order valence-corrected chi connectivity index (χ1v) is 9.19. The summed E-state index contributed by atoms with van der Waals surface area (Å²) in [6.45, 7) is 0.558. The lowest BCUT2D eigenvalue weighted by Gasteiger charge is -2.24. The predicted octanol–water partition coefficient (Wildman–Crippen LogP) is 4.02. The summed E-state index contributed by atoms with van der Waals surface area (Å²) in [5.74, 6) is 1.44. The highest BCUT2D eigenvalue weighted by Crippen LogP contribution is 2.39. The van der Waals surface area contributed by atoms with Gasteiger partial charge in [-0.15, -0.1) is 11.8 Å². The van der Waals surface area contributed by atoms with Gasteiger partial charge in [0.05, 0.1) is 24.1 Å². The fourth-order valence-electron chi connectivity index (χ4n) is 3.06. The minimum Gasteiger partial charge on any atom is -0.497 e. The third kappa shape index (κ3) is 3.20. The van der Waals surface area contributed by atoms with Gasteiger partial charge in [0.25, 0.3) is 0 Å². The highest BCUT2D eigenvalue weighted by molar-refractivity contribution is 8.00. The number of hydrogen-bond donors (Lipinski definition) is 0. The Morgan fingerprint density at radius 1 is 1.16 bits per heavy atom. The van der Waals surface area contributed by atoms with Crippen LogP contribution in [0.3, 0.4) is 0 Å². The molecule has 1 saturated heterocycles. The molecule has 1 atom stereocenters. The van der Waals surface area contributed by atoms with Gasteiger partial charge in [-0.2, -0.15) is 0 Å². The minimum atomic E-state index is -0.0525. The van der Waals surface area contributed by atoms with Gasteiger partial charge in [-0.1, -0.05) is 36.4 Å². The van der Waals surface area contributed by atoms with Crippen molar-refractivity contribution in [3.63, 3.8) is 0 Å². The van der Waals surface area contributed by atoms with Crippen molar-refractivity contribution in [2.45, 2.75) is 11.9 Å². The summed E-state index contributed by atoms with van der Waals surface area (Å²) in [7, 11) is 1.65. The number of aromatic nitrogens is 1. The van der Waals surface area contributed by atoms with E-state index in [0.29, 0.717) is 12.3 Å². The normalized spacial score (nSPS) is 17.2. The number of benzene rings is 2. The van der Waals surface area contributed by atoms with Crippen LogP contribution in [0.4, 0.5) is 0 Å². The molecule has 4 nitrogen and oxygen atoms in total. The second-order valence-corrected chi connectivity index (χ2v) is 7.03. The summed E-state index contributed by atoms with van der Waals surface area (Å²) in [6.07, 6.45) is 0. The number of carbonyl (C=O) groups is 1. The molecule has 3 aromatic rings. The molecule has 0 aliphatic carbocycles. The number of ether oxygens (including phenoxy) is 1. The number of thioether (sulfide) groups is 1. The lowest BCUT2D eigenvalue weighted by Crippen LogP contribution is -2.28. The van der Waals surface area contributed by atoms with E-state index >= 15 is 0 Å². The van der Waals surface area contributed by atoms with Crippen molar-refractivity contribution in [1.82, 2.24) is 9.88 Å². The predicted molar refractivity (Wildman–Crippen MR) is 100 cm³/mol. The molecule has 1 aliphatic rings. The van der Waals surface area contributed by atoms with Gasteiger partial charge in [0.2, 0.25) is 5.91 Å².